The van der Waals surface area contributed by atoms with Gasteiger partial charge in [0.15, 0.2) is 16.3 Å². The van der Waals surface area contributed by atoms with Crippen molar-refractivity contribution in [3.8, 4) is 11.5 Å². The van der Waals surface area contributed by atoms with Crippen LogP contribution in [0.4, 0.5) is 0 Å². The fourth-order valence-corrected chi connectivity index (χ4v) is 6.94. The molecule has 1 N–H and O–H groups in total. The molecule has 39 heavy (non-hydrogen) atoms. The summed E-state index contributed by atoms with van der Waals surface area (Å²) in [5.74, 6) is 1.30. The first-order valence-corrected chi connectivity index (χ1v) is 13.8. The van der Waals surface area contributed by atoms with Crippen molar-refractivity contribution in [3.63, 3.8) is 0 Å². The summed E-state index contributed by atoms with van der Waals surface area (Å²) in [5, 5.41) is 1.10. The first-order valence-electron chi connectivity index (χ1n) is 13.0. The quantitative estimate of drug-likeness (QED) is 0.349. The van der Waals surface area contributed by atoms with Crippen LogP contribution in [0.2, 0.25) is 0 Å². The zero-order valence-electron chi connectivity index (χ0n) is 21.9. The molecule has 0 radical (unpaired) electrons. The Hall–Kier alpha value is -4.36. The Balaban J connectivity index is 1.50. The van der Waals surface area contributed by atoms with Crippen molar-refractivity contribution in [2.75, 3.05) is 14.2 Å². The highest BCUT2D eigenvalue weighted by Crippen LogP contribution is 2.42. The topological polar surface area (TPSA) is 68.6 Å². The largest absolute Gasteiger partial charge is 0.493 e. The van der Waals surface area contributed by atoms with Crippen LogP contribution in [-0.4, -0.2) is 23.8 Å². The number of para-hydroxylation sites is 1. The third-order valence-electron chi connectivity index (χ3n) is 7.82. The number of hydrogen-bond donors (Lipinski definition) is 1. The Bertz CT molecular complexity index is 1990. The fraction of sp³-hybridized carbons (Fsp3) is 0.188. The molecule has 1 atom stereocenters. The summed E-state index contributed by atoms with van der Waals surface area (Å²) < 4.78 is 13.7. The number of aromatic nitrogens is 2. The van der Waals surface area contributed by atoms with Crippen molar-refractivity contribution in [3.05, 3.63) is 120 Å². The summed E-state index contributed by atoms with van der Waals surface area (Å²) in [5.41, 5.74) is 8.65. The van der Waals surface area contributed by atoms with Gasteiger partial charge in [-0.25, -0.2) is 4.99 Å². The molecule has 1 aliphatic heterocycles. The van der Waals surface area contributed by atoms with Crippen LogP contribution in [-0.2, 0) is 6.42 Å². The summed E-state index contributed by atoms with van der Waals surface area (Å²) >= 11 is 1.45. The maximum Gasteiger partial charge on any atom is 0.271 e. The minimum Gasteiger partial charge on any atom is -0.493 e. The number of methoxy groups -OCH3 is 2. The molecule has 2 aromatic heterocycles. The number of aryl methyl sites for hydroxylation is 2. The molecule has 1 unspecified atom stereocenters. The lowest BCUT2D eigenvalue weighted by Crippen LogP contribution is -2.38. The molecular weight excluding hydrogens is 506 g/mol. The maximum absolute atomic E-state index is 14.2. The summed E-state index contributed by atoms with van der Waals surface area (Å²) in [6, 6.07) is 22.3. The Labute approximate surface area is 229 Å². The number of H-pyrrole nitrogens is 1. The Morgan fingerprint density at radius 1 is 1.00 bits per heavy atom. The molecule has 3 heterocycles. The lowest BCUT2D eigenvalue weighted by molar-refractivity contribution is 0.354. The standard InChI is InChI=1S/C32H27N3O3S/c1-18-24(22-10-6-7-11-25(22)33-18)17-28-31(36)35-30(20-13-15-26(37-2)27(16-20)38-3)23-14-12-19-8-4-5-9-21(19)29(23)34-32(35)39-28/h4-11,13,15-17,30,33H,12,14H2,1-3H3/b28-17-. The molecule has 7 rings (SSSR count). The van der Waals surface area contributed by atoms with Gasteiger partial charge in [-0.2, -0.15) is 0 Å². The number of nitrogens with one attached hydrogen (secondary N) is 1. The number of hydrogen-bond acceptors (Lipinski definition) is 5. The minimum atomic E-state index is -0.282. The number of allylic oxidation sites excluding steroid dienone is 1. The van der Waals surface area contributed by atoms with E-state index in [0.717, 1.165) is 57.4 Å². The SMILES string of the molecule is COc1ccc(C2C3=C(N=c4s/c(=C\c5c(C)[nH]c6ccccc56)c(=O)n42)c2ccccc2CC3)cc1OC. The van der Waals surface area contributed by atoms with Gasteiger partial charge >= 0.3 is 0 Å². The molecule has 0 saturated carbocycles. The van der Waals surface area contributed by atoms with Gasteiger partial charge in [-0.05, 0) is 60.7 Å². The second-order valence-corrected chi connectivity index (χ2v) is 10.9. The second-order valence-electron chi connectivity index (χ2n) is 9.94. The fourth-order valence-electron chi connectivity index (χ4n) is 5.96. The average molecular weight is 534 g/mol. The number of aromatic amines is 1. The molecule has 7 heteroatoms. The van der Waals surface area contributed by atoms with E-state index in [9.17, 15) is 4.79 Å². The van der Waals surface area contributed by atoms with E-state index in [0.29, 0.717) is 20.8 Å². The van der Waals surface area contributed by atoms with Crippen molar-refractivity contribution in [1.82, 2.24) is 9.55 Å². The zero-order valence-corrected chi connectivity index (χ0v) is 22.8. The van der Waals surface area contributed by atoms with Crippen LogP contribution >= 0.6 is 11.3 Å². The summed E-state index contributed by atoms with van der Waals surface area (Å²) in [6.45, 7) is 2.05. The number of fused-ring (bicyclic) bond motifs is 4. The van der Waals surface area contributed by atoms with Gasteiger partial charge in [0, 0.05) is 27.7 Å². The van der Waals surface area contributed by atoms with E-state index in [1.54, 1.807) is 14.2 Å². The van der Waals surface area contributed by atoms with Crippen LogP contribution in [0.1, 0.15) is 40.4 Å². The van der Waals surface area contributed by atoms with E-state index in [1.165, 1.54) is 16.9 Å². The highest BCUT2D eigenvalue weighted by Gasteiger charge is 2.33. The van der Waals surface area contributed by atoms with Crippen molar-refractivity contribution in [2.24, 2.45) is 4.99 Å². The maximum atomic E-state index is 14.2. The number of benzene rings is 3. The van der Waals surface area contributed by atoms with Crippen LogP contribution in [0.5, 0.6) is 11.5 Å². The summed E-state index contributed by atoms with van der Waals surface area (Å²) in [6.07, 6.45) is 3.76. The number of nitrogens with zero attached hydrogens (tertiary/aromatic N) is 2. The molecule has 0 fully saturated rings. The molecular formula is C32H27N3O3S. The van der Waals surface area contributed by atoms with Crippen LogP contribution in [0.25, 0.3) is 22.7 Å². The Morgan fingerprint density at radius 2 is 1.79 bits per heavy atom. The van der Waals surface area contributed by atoms with Crippen LogP contribution in [0, 0.1) is 6.92 Å². The molecule has 1 aliphatic carbocycles. The molecule has 3 aromatic carbocycles. The van der Waals surface area contributed by atoms with Gasteiger partial charge in [0.2, 0.25) is 0 Å². The lowest BCUT2D eigenvalue weighted by atomic mass is 9.83. The highest BCUT2D eigenvalue weighted by molar-refractivity contribution is 7.07. The second kappa shape index (κ2) is 9.13. The minimum absolute atomic E-state index is 0.0337. The van der Waals surface area contributed by atoms with E-state index in [-0.39, 0.29) is 11.6 Å². The van der Waals surface area contributed by atoms with E-state index in [2.05, 4.69) is 41.4 Å². The van der Waals surface area contributed by atoms with Gasteiger partial charge in [0.25, 0.3) is 5.56 Å². The van der Waals surface area contributed by atoms with Gasteiger partial charge < -0.3 is 14.5 Å². The summed E-state index contributed by atoms with van der Waals surface area (Å²) in [7, 11) is 3.27. The third kappa shape index (κ3) is 3.68. The molecule has 0 amide bonds. The molecule has 2 aliphatic rings. The van der Waals surface area contributed by atoms with E-state index < -0.39 is 0 Å². The molecule has 0 saturated heterocycles. The molecule has 6 nitrogen and oxygen atoms in total. The van der Waals surface area contributed by atoms with Crippen molar-refractivity contribution in [1.29, 1.82) is 0 Å². The van der Waals surface area contributed by atoms with Gasteiger partial charge in [0.1, 0.15) is 0 Å². The average Bonchev–Trinajstić information content (AvgIpc) is 3.46. The van der Waals surface area contributed by atoms with E-state index in [1.807, 2.05) is 47.9 Å². The van der Waals surface area contributed by atoms with Crippen LogP contribution in [0.15, 0.2) is 82.1 Å². The first kappa shape index (κ1) is 23.7. The summed E-state index contributed by atoms with van der Waals surface area (Å²) in [4.78, 5) is 23.4. The Kier molecular flexibility index (Phi) is 5.56. The van der Waals surface area contributed by atoms with Crippen LogP contribution < -0.4 is 24.4 Å². The Morgan fingerprint density at radius 3 is 2.64 bits per heavy atom. The molecule has 194 valence electrons. The monoisotopic (exact) mass is 533 g/mol. The normalized spacial score (nSPS) is 16.5. The smallest absolute Gasteiger partial charge is 0.271 e. The number of thiazole rings is 1. The predicted molar refractivity (Wildman–Crippen MR) is 155 cm³/mol. The molecule has 5 aromatic rings. The van der Waals surface area contributed by atoms with E-state index >= 15 is 0 Å². The lowest BCUT2D eigenvalue weighted by Gasteiger charge is -2.31. The van der Waals surface area contributed by atoms with Gasteiger partial charge in [-0.1, -0.05) is 59.9 Å². The van der Waals surface area contributed by atoms with Gasteiger partial charge in [-0.15, -0.1) is 0 Å². The van der Waals surface area contributed by atoms with Crippen molar-refractivity contribution in [2.45, 2.75) is 25.8 Å². The third-order valence-corrected chi connectivity index (χ3v) is 8.80. The van der Waals surface area contributed by atoms with Gasteiger partial charge in [0.05, 0.1) is 30.5 Å². The van der Waals surface area contributed by atoms with Gasteiger partial charge in [-0.3, -0.25) is 9.36 Å². The van der Waals surface area contributed by atoms with Crippen LogP contribution in [0.3, 0.4) is 0 Å². The highest BCUT2D eigenvalue weighted by atomic mass is 32.1. The van der Waals surface area contributed by atoms with E-state index in [4.69, 9.17) is 14.5 Å². The zero-order chi connectivity index (χ0) is 26.7. The first-order chi connectivity index (χ1) is 19.1. The molecule has 0 bridgehead atoms. The number of rotatable bonds is 4. The van der Waals surface area contributed by atoms with Crippen molar-refractivity contribution < 1.29 is 9.47 Å². The number of ether oxygens (including phenoxy) is 2. The molecule has 0 spiro atoms. The van der Waals surface area contributed by atoms with Crippen molar-refractivity contribution >= 4 is 34.0 Å². The predicted octanol–water partition coefficient (Wildman–Crippen LogP) is 5.13.